The molecule has 8 nitrogen and oxygen atoms in total. The topological polar surface area (TPSA) is 128 Å². The Morgan fingerprint density at radius 1 is 0.973 bits per heavy atom. The van der Waals surface area contributed by atoms with Crippen LogP contribution in [0.4, 0.5) is 5.69 Å². The highest BCUT2D eigenvalue weighted by atomic mass is 32.2. The van der Waals surface area contributed by atoms with Crippen LogP contribution in [0, 0.1) is 0 Å². The summed E-state index contributed by atoms with van der Waals surface area (Å²) >= 11 is 0. The van der Waals surface area contributed by atoms with Gasteiger partial charge in [-0.3, -0.25) is 9.78 Å². The maximum atomic E-state index is 13.4. The molecule has 188 valence electrons. The normalized spacial score (nSPS) is 15.1. The van der Waals surface area contributed by atoms with Crippen molar-refractivity contribution >= 4 is 38.5 Å². The van der Waals surface area contributed by atoms with Crippen LogP contribution in [0.5, 0.6) is 0 Å². The Bertz CT molecular complexity index is 1590. The number of para-hydroxylation sites is 1. The summed E-state index contributed by atoms with van der Waals surface area (Å²) in [4.78, 5) is 30.6. The molecule has 37 heavy (non-hydrogen) atoms. The van der Waals surface area contributed by atoms with E-state index in [9.17, 15) is 18.0 Å². The minimum absolute atomic E-state index is 0.0694. The van der Waals surface area contributed by atoms with Gasteiger partial charge in [0.1, 0.15) is 0 Å². The van der Waals surface area contributed by atoms with E-state index in [2.05, 4.69) is 17.4 Å². The smallest absolute Gasteiger partial charge is 0.339 e. The van der Waals surface area contributed by atoms with E-state index in [1.807, 2.05) is 42.5 Å². The number of nitrogens with one attached hydrogen (secondary N) is 1. The maximum Gasteiger partial charge on any atom is 0.339 e. The molecule has 4 aromatic rings. The number of amides is 1. The molecule has 3 N–H and O–H groups in total. The molecule has 1 heterocycles. The summed E-state index contributed by atoms with van der Waals surface area (Å²) in [5, 5.41) is 8.38. The molecule has 1 unspecified atom stereocenters. The molecule has 3 aromatic carbocycles. The van der Waals surface area contributed by atoms with Crippen molar-refractivity contribution in [3.8, 4) is 0 Å². The molecule has 1 amide bonds. The summed E-state index contributed by atoms with van der Waals surface area (Å²) in [6.07, 6.45) is 2.34. The fourth-order valence-corrected chi connectivity index (χ4v) is 5.27. The summed E-state index contributed by atoms with van der Waals surface area (Å²) in [6, 6.07) is 23.0. The second-order valence-corrected chi connectivity index (χ2v) is 10.5. The number of anilines is 1. The molecule has 9 heteroatoms. The fourth-order valence-electron chi connectivity index (χ4n) is 4.76. The zero-order valence-electron chi connectivity index (χ0n) is 19.9. The molecular weight excluding hydrogens is 490 g/mol. The van der Waals surface area contributed by atoms with Gasteiger partial charge in [0, 0.05) is 16.8 Å². The second-order valence-electron chi connectivity index (χ2n) is 8.97. The summed E-state index contributed by atoms with van der Waals surface area (Å²) in [6.45, 7) is -0.497. The summed E-state index contributed by atoms with van der Waals surface area (Å²) in [5.41, 5.74) is 4.48. The van der Waals surface area contributed by atoms with E-state index < -0.39 is 28.5 Å². The molecular formula is C28H25N3O5S. The van der Waals surface area contributed by atoms with Crippen molar-refractivity contribution in [3.63, 3.8) is 0 Å². The zero-order chi connectivity index (χ0) is 26.0. The minimum atomic E-state index is -3.83. The molecule has 0 saturated heterocycles. The van der Waals surface area contributed by atoms with Gasteiger partial charge in [-0.05, 0) is 66.6 Å². The first-order valence-electron chi connectivity index (χ1n) is 11.8. The van der Waals surface area contributed by atoms with E-state index in [4.69, 9.17) is 14.9 Å². The van der Waals surface area contributed by atoms with Crippen LogP contribution in [-0.4, -0.2) is 31.9 Å². The minimum Gasteiger partial charge on any atom is -0.452 e. The third kappa shape index (κ3) is 5.37. The van der Waals surface area contributed by atoms with Gasteiger partial charge in [0.25, 0.3) is 5.91 Å². The number of carbonyl (C=O) groups is 2. The van der Waals surface area contributed by atoms with Crippen LogP contribution in [0.2, 0.25) is 0 Å². The van der Waals surface area contributed by atoms with Crippen molar-refractivity contribution in [2.45, 2.75) is 30.1 Å². The van der Waals surface area contributed by atoms with Crippen LogP contribution < -0.4 is 10.5 Å². The lowest BCUT2D eigenvalue weighted by Gasteiger charge is -2.26. The van der Waals surface area contributed by atoms with Gasteiger partial charge in [-0.1, -0.05) is 48.5 Å². The lowest BCUT2D eigenvalue weighted by atomic mass is 9.80. The number of hydrogen-bond donors (Lipinski definition) is 2. The number of carbonyl (C=O) groups excluding carboxylic acids is 2. The van der Waals surface area contributed by atoms with E-state index in [0.717, 1.165) is 24.1 Å². The van der Waals surface area contributed by atoms with Crippen molar-refractivity contribution < 1.29 is 22.7 Å². The number of pyridine rings is 1. The van der Waals surface area contributed by atoms with E-state index >= 15 is 0 Å². The third-order valence-corrected chi connectivity index (χ3v) is 7.46. The Kier molecular flexibility index (Phi) is 6.73. The highest BCUT2D eigenvalue weighted by Gasteiger charge is 2.28. The number of primary sulfonamides is 1. The van der Waals surface area contributed by atoms with Crippen LogP contribution in [-0.2, 0) is 32.4 Å². The van der Waals surface area contributed by atoms with Gasteiger partial charge in [-0.15, -0.1) is 0 Å². The Morgan fingerprint density at radius 3 is 2.41 bits per heavy atom. The van der Waals surface area contributed by atoms with Crippen molar-refractivity contribution in [2.75, 3.05) is 11.9 Å². The molecule has 0 saturated carbocycles. The number of hydrogen-bond acceptors (Lipinski definition) is 6. The number of fused-ring (bicyclic) bond motifs is 2. The molecule has 1 aliphatic carbocycles. The number of esters is 1. The van der Waals surface area contributed by atoms with Gasteiger partial charge < -0.3 is 10.1 Å². The SMILES string of the molecule is NS(=O)(=O)c1ccc(NC(=O)COC(=O)c2c3c(nc4ccccc24)CCC(c2ccccc2)C3)cc1. The van der Waals surface area contributed by atoms with Gasteiger partial charge in [-0.2, -0.15) is 0 Å². The van der Waals surface area contributed by atoms with E-state index in [-0.39, 0.29) is 10.8 Å². The number of sulfonamides is 1. The van der Waals surface area contributed by atoms with Crippen molar-refractivity contribution in [3.05, 3.63) is 101 Å². The fraction of sp³-hybridized carbons (Fsp3) is 0.179. The standard InChI is InChI=1S/C28H25N3O5S/c29-37(34,35)21-13-11-20(12-14-21)30-26(32)17-36-28(33)27-22-8-4-5-9-24(22)31-25-15-10-19(16-23(25)27)18-6-2-1-3-7-18/h1-9,11-14,19H,10,15-17H2,(H,30,32)(H2,29,34,35). The molecule has 5 rings (SSSR count). The molecule has 0 radical (unpaired) electrons. The van der Waals surface area contributed by atoms with E-state index in [1.54, 1.807) is 0 Å². The van der Waals surface area contributed by atoms with Crippen LogP contribution in [0.3, 0.4) is 0 Å². The monoisotopic (exact) mass is 515 g/mol. The van der Waals surface area contributed by atoms with Crippen LogP contribution in [0.25, 0.3) is 10.9 Å². The molecule has 1 aromatic heterocycles. The Balaban J connectivity index is 1.36. The van der Waals surface area contributed by atoms with Gasteiger partial charge in [0.05, 0.1) is 16.0 Å². The second kappa shape index (κ2) is 10.1. The molecule has 0 spiro atoms. The Labute approximate surface area is 214 Å². The van der Waals surface area contributed by atoms with Crippen LogP contribution in [0.1, 0.15) is 39.5 Å². The molecule has 0 bridgehead atoms. The molecule has 1 atom stereocenters. The number of nitrogens with zero attached hydrogens (tertiary/aromatic N) is 1. The number of benzene rings is 3. The Morgan fingerprint density at radius 2 is 1.68 bits per heavy atom. The van der Waals surface area contributed by atoms with Crippen molar-refractivity contribution in [1.82, 2.24) is 4.98 Å². The van der Waals surface area contributed by atoms with E-state index in [1.165, 1.54) is 29.8 Å². The number of ether oxygens (including phenoxy) is 1. The van der Waals surface area contributed by atoms with E-state index in [0.29, 0.717) is 28.6 Å². The molecule has 0 fully saturated rings. The van der Waals surface area contributed by atoms with Gasteiger partial charge in [0.2, 0.25) is 10.0 Å². The quantitative estimate of drug-likeness (QED) is 0.374. The number of nitrogens with two attached hydrogens (primary N) is 1. The molecule has 0 aliphatic heterocycles. The van der Waals surface area contributed by atoms with Gasteiger partial charge in [0.15, 0.2) is 6.61 Å². The first-order valence-corrected chi connectivity index (χ1v) is 13.4. The zero-order valence-corrected chi connectivity index (χ0v) is 20.7. The average Bonchev–Trinajstić information content (AvgIpc) is 2.90. The maximum absolute atomic E-state index is 13.4. The van der Waals surface area contributed by atoms with Crippen molar-refractivity contribution in [2.24, 2.45) is 5.14 Å². The van der Waals surface area contributed by atoms with Gasteiger partial charge in [-0.25, -0.2) is 18.4 Å². The largest absolute Gasteiger partial charge is 0.452 e. The first kappa shape index (κ1) is 24.6. The predicted octanol–water partition coefficient (Wildman–Crippen LogP) is 3.95. The lowest BCUT2D eigenvalue weighted by Crippen LogP contribution is -2.24. The summed E-state index contributed by atoms with van der Waals surface area (Å²) < 4.78 is 28.3. The summed E-state index contributed by atoms with van der Waals surface area (Å²) in [5.74, 6) is -0.874. The average molecular weight is 516 g/mol. The van der Waals surface area contributed by atoms with Crippen LogP contribution >= 0.6 is 0 Å². The third-order valence-electron chi connectivity index (χ3n) is 6.54. The number of aryl methyl sites for hydroxylation is 1. The summed E-state index contributed by atoms with van der Waals surface area (Å²) in [7, 11) is -3.83. The predicted molar refractivity (Wildman–Crippen MR) is 140 cm³/mol. The molecule has 1 aliphatic rings. The number of rotatable bonds is 6. The lowest BCUT2D eigenvalue weighted by molar-refractivity contribution is -0.119. The highest BCUT2D eigenvalue weighted by molar-refractivity contribution is 7.89. The highest BCUT2D eigenvalue weighted by Crippen LogP contribution is 2.36. The van der Waals surface area contributed by atoms with Crippen LogP contribution in [0.15, 0.2) is 83.8 Å². The Hall–Kier alpha value is -4.08. The van der Waals surface area contributed by atoms with Crippen molar-refractivity contribution in [1.29, 1.82) is 0 Å². The first-order chi connectivity index (χ1) is 17.8. The van der Waals surface area contributed by atoms with Gasteiger partial charge >= 0.3 is 5.97 Å². The number of aromatic nitrogens is 1.